The Hall–Kier alpha value is -0.623. The van der Waals surface area contributed by atoms with Gasteiger partial charge < -0.3 is 17.8 Å². The molecule has 0 aromatic carbocycles. The first kappa shape index (κ1) is 15.4. The van der Waals surface area contributed by atoms with Gasteiger partial charge in [0, 0.05) is 32.2 Å². The second kappa shape index (κ2) is 7.73. The summed E-state index contributed by atoms with van der Waals surface area (Å²) >= 11 is 0. The quantitative estimate of drug-likeness (QED) is 0.647. The molecule has 104 valence electrons. The van der Waals surface area contributed by atoms with Crippen LogP contribution in [0.4, 0.5) is 0 Å². The number of hydrogen-bond donors (Lipinski definition) is 0. The first-order valence-corrected chi connectivity index (χ1v) is 8.58. The third-order valence-corrected chi connectivity index (χ3v) is 6.41. The van der Waals surface area contributed by atoms with E-state index >= 15 is 0 Å². The van der Waals surface area contributed by atoms with E-state index in [-0.39, 0.29) is 5.67 Å². The molecule has 1 heterocycles. The zero-order valence-electron chi connectivity index (χ0n) is 11.9. The summed E-state index contributed by atoms with van der Waals surface area (Å²) in [4.78, 5) is 0. The lowest BCUT2D eigenvalue weighted by molar-refractivity contribution is 0.0528. The highest BCUT2D eigenvalue weighted by Crippen LogP contribution is 2.28. The Morgan fingerprint density at radius 2 is 1.33 bits per heavy atom. The maximum absolute atomic E-state index is 5.96. The second-order valence-electron chi connectivity index (χ2n) is 3.96. The molecule has 0 aliphatic carbocycles. The van der Waals surface area contributed by atoms with Gasteiger partial charge in [0.2, 0.25) is 0 Å². The molecule has 0 N–H and O–H groups in total. The molecule has 1 aromatic heterocycles. The van der Waals surface area contributed by atoms with Crippen molar-refractivity contribution in [3.63, 3.8) is 0 Å². The molecule has 1 aromatic rings. The van der Waals surface area contributed by atoms with Crippen molar-refractivity contribution >= 4 is 8.80 Å². The Balaban J connectivity index is 3.03. The zero-order valence-corrected chi connectivity index (χ0v) is 12.9. The van der Waals surface area contributed by atoms with Gasteiger partial charge >= 0.3 is 8.80 Å². The van der Waals surface area contributed by atoms with Gasteiger partial charge in [-0.05, 0) is 39.3 Å². The molecule has 0 saturated carbocycles. The van der Waals surface area contributed by atoms with Gasteiger partial charge in [-0.3, -0.25) is 0 Å². The van der Waals surface area contributed by atoms with Gasteiger partial charge in [0.25, 0.3) is 0 Å². The van der Waals surface area contributed by atoms with Crippen LogP contribution < -0.4 is 0 Å². The van der Waals surface area contributed by atoms with Crippen molar-refractivity contribution in [2.45, 2.75) is 39.8 Å². The highest BCUT2D eigenvalue weighted by atomic mass is 28.4. The van der Waals surface area contributed by atoms with E-state index < -0.39 is 8.80 Å². The molecule has 0 radical (unpaired) electrons. The van der Waals surface area contributed by atoms with Gasteiger partial charge in [0.1, 0.15) is 5.67 Å². The van der Waals surface area contributed by atoms with Crippen molar-refractivity contribution in [3.8, 4) is 0 Å². The second-order valence-corrected chi connectivity index (χ2v) is 6.70. The molecule has 0 saturated heterocycles. The van der Waals surface area contributed by atoms with Gasteiger partial charge in [-0.25, -0.2) is 0 Å². The fourth-order valence-electron chi connectivity index (χ4n) is 2.22. The molecular formula is C13H25NO3Si. The number of hydrogen-bond acceptors (Lipinski definition) is 3. The Bertz CT molecular complexity index is 299. The van der Waals surface area contributed by atoms with E-state index in [1.54, 1.807) is 0 Å². The fourth-order valence-corrected chi connectivity index (χ4v) is 5.29. The van der Waals surface area contributed by atoms with Crippen molar-refractivity contribution in [2.75, 3.05) is 19.8 Å². The van der Waals surface area contributed by atoms with Crippen molar-refractivity contribution in [3.05, 3.63) is 24.5 Å². The smallest absolute Gasteiger partial charge is 0.373 e. The molecule has 1 unspecified atom stereocenters. The Morgan fingerprint density at radius 3 is 1.67 bits per heavy atom. The maximum Gasteiger partial charge on any atom is 0.525 e. The van der Waals surface area contributed by atoms with Crippen LogP contribution in [0.5, 0.6) is 0 Å². The molecule has 0 amide bonds. The lowest BCUT2D eigenvalue weighted by atomic mass is 10.5. The van der Waals surface area contributed by atoms with E-state index in [0.29, 0.717) is 19.8 Å². The van der Waals surface area contributed by atoms with Crippen molar-refractivity contribution < 1.29 is 13.3 Å². The van der Waals surface area contributed by atoms with E-state index in [0.717, 1.165) is 6.42 Å². The van der Waals surface area contributed by atoms with Crippen LogP contribution >= 0.6 is 0 Å². The lowest BCUT2D eigenvalue weighted by Crippen LogP contribution is -2.53. The number of nitrogens with zero attached hydrogens (tertiary/aromatic N) is 1. The van der Waals surface area contributed by atoms with Crippen LogP contribution in [0.25, 0.3) is 0 Å². The zero-order chi connectivity index (χ0) is 13.4. The van der Waals surface area contributed by atoms with Crippen LogP contribution in [0.2, 0.25) is 0 Å². The molecular weight excluding hydrogens is 246 g/mol. The molecule has 0 bridgehead atoms. The van der Waals surface area contributed by atoms with Crippen LogP contribution in [-0.4, -0.2) is 33.2 Å². The van der Waals surface area contributed by atoms with Gasteiger partial charge in [-0.15, -0.1) is 0 Å². The third-order valence-electron chi connectivity index (χ3n) is 2.82. The Kier molecular flexibility index (Phi) is 6.63. The summed E-state index contributed by atoms with van der Waals surface area (Å²) in [7, 11) is -2.67. The minimum absolute atomic E-state index is 0.146. The van der Waals surface area contributed by atoms with Crippen molar-refractivity contribution in [1.82, 2.24) is 4.57 Å². The summed E-state index contributed by atoms with van der Waals surface area (Å²) in [6, 6.07) is 4.04. The van der Waals surface area contributed by atoms with Crippen LogP contribution in [0.3, 0.4) is 0 Å². The molecule has 5 heteroatoms. The fraction of sp³-hybridized carbons (Fsp3) is 0.692. The standard InChI is InChI=1S/C13H25NO3Si/c1-5-13(14-11-9-10-12-14)18(15-6-2,16-7-3)17-8-4/h9-13H,5-8H2,1-4H3. The first-order chi connectivity index (χ1) is 8.74. The monoisotopic (exact) mass is 271 g/mol. The number of aromatic nitrogens is 1. The van der Waals surface area contributed by atoms with Crippen LogP contribution in [-0.2, 0) is 13.3 Å². The normalized spacial score (nSPS) is 13.8. The van der Waals surface area contributed by atoms with E-state index in [9.17, 15) is 0 Å². The predicted molar refractivity (Wildman–Crippen MR) is 74.4 cm³/mol. The highest BCUT2D eigenvalue weighted by molar-refractivity contribution is 6.61. The Labute approximate surface area is 111 Å². The third kappa shape index (κ3) is 3.44. The van der Waals surface area contributed by atoms with Crippen molar-refractivity contribution in [1.29, 1.82) is 0 Å². The van der Waals surface area contributed by atoms with Gasteiger partial charge in [0.05, 0.1) is 0 Å². The minimum atomic E-state index is -2.67. The molecule has 0 aliphatic heterocycles. The van der Waals surface area contributed by atoms with E-state index in [4.69, 9.17) is 13.3 Å². The average molecular weight is 271 g/mol. The minimum Gasteiger partial charge on any atom is -0.373 e. The number of rotatable bonds is 9. The predicted octanol–water partition coefficient (Wildman–Crippen LogP) is 3.03. The summed E-state index contributed by atoms with van der Waals surface area (Å²) in [5, 5.41) is 0. The van der Waals surface area contributed by atoms with Gasteiger partial charge in [-0.1, -0.05) is 6.92 Å². The summed E-state index contributed by atoms with van der Waals surface area (Å²) < 4.78 is 20.0. The van der Waals surface area contributed by atoms with E-state index in [2.05, 4.69) is 11.5 Å². The molecule has 0 aliphatic rings. The molecule has 4 nitrogen and oxygen atoms in total. The molecule has 18 heavy (non-hydrogen) atoms. The van der Waals surface area contributed by atoms with Crippen LogP contribution in [0, 0.1) is 0 Å². The summed E-state index contributed by atoms with van der Waals surface area (Å²) in [5.41, 5.74) is 0.146. The lowest BCUT2D eigenvalue weighted by Gasteiger charge is -2.35. The van der Waals surface area contributed by atoms with E-state index in [1.165, 1.54) is 0 Å². The molecule has 1 atom stereocenters. The molecule has 0 spiro atoms. The van der Waals surface area contributed by atoms with Gasteiger partial charge in [0.15, 0.2) is 0 Å². The Morgan fingerprint density at radius 1 is 0.889 bits per heavy atom. The van der Waals surface area contributed by atoms with E-state index in [1.807, 2.05) is 45.3 Å². The SMILES string of the molecule is CCO[Si](OCC)(OCC)C(CC)n1cccc1. The van der Waals surface area contributed by atoms with Crippen LogP contribution in [0.15, 0.2) is 24.5 Å². The maximum atomic E-state index is 5.96. The summed E-state index contributed by atoms with van der Waals surface area (Å²) in [5.74, 6) is 0. The highest BCUT2D eigenvalue weighted by Gasteiger charge is 2.49. The van der Waals surface area contributed by atoms with Gasteiger partial charge in [-0.2, -0.15) is 0 Å². The first-order valence-electron chi connectivity index (χ1n) is 6.78. The topological polar surface area (TPSA) is 32.6 Å². The molecule has 1 rings (SSSR count). The van der Waals surface area contributed by atoms with Crippen LogP contribution in [0.1, 0.15) is 39.8 Å². The summed E-state index contributed by atoms with van der Waals surface area (Å²) in [6.07, 6.45) is 5.03. The van der Waals surface area contributed by atoms with Crippen molar-refractivity contribution in [2.24, 2.45) is 0 Å². The molecule has 0 fully saturated rings. The average Bonchev–Trinajstić information content (AvgIpc) is 2.84. The largest absolute Gasteiger partial charge is 0.525 e. The summed E-state index contributed by atoms with van der Waals surface area (Å²) in [6.45, 7) is 9.95.